The summed E-state index contributed by atoms with van der Waals surface area (Å²) in [6.45, 7) is 4.30. The molecule has 0 aromatic heterocycles. The van der Waals surface area contributed by atoms with Crippen LogP contribution >= 0.6 is 0 Å². The van der Waals surface area contributed by atoms with Gasteiger partial charge in [-0.1, -0.05) is 6.92 Å². The predicted octanol–water partition coefficient (Wildman–Crippen LogP) is 0.476. The Morgan fingerprint density at radius 1 is 1.37 bits per heavy atom. The number of carbonyl (C=O) groups excluding carboxylic acids is 3. The van der Waals surface area contributed by atoms with Gasteiger partial charge in [0.15, 0.2) is 0 Å². The molecule has 0 spiro atoms. The Morgan fingerprint density at radius 3 is 1.89 bits per heavy atom. The summed E-state index contributed by atoms with van der Waals surface area (Å²) in [4.78, 5) is 33.9. The third kappa shape index (κ3) is 12.7. The number of carbonyl (C=O) groups is 3. The van der Waals surface area contributed by atoms with Crippen LogP contribution in [0.25, 0.3) is 0 Å². The van der Waals surface area contributed by atoms with Gasteiger partial charge in [0.1, 0.15) is 0 Å². The second-order valence-corrected chi connectivity index (χ2v) is 4.36. The molecule has 1 aliphatic heterocycles. The molecule has 6 nitrogen and oxygen atoms in total. The zero-order valence-corrected chi connectivity index (χ0v) is 12.9. The van der Waals surface area contributed by atoms with Gasteiger partial charge in [-0.05, 0) is 6.42 Å². The van der Waals surface area contributed by atoms with Gasteiger partial charge in [0.25, 0.3) is 0 Å². The monoisotopic (exact) mass is 273 g/mol. The zero-order chi connectivity index (χ0) is 15.4. The molecule has 0 radical (unpaired) electrons. The van der Waals surface area contributed by atoms with E-state index in [-0.39, 0.29) is 11.8 Å². The second kappa shape index (κ2) is 11.5. The van der Waals surface area contributed by atoms with Gasteiger partial charge in [-0.3, -0.25) is 14.4 Å². The maximum atomic E-state index is 10.5. The smallest absolute Gasteiger partial charge is 0.222 e. The highest BCUT2D eigenvalue weighted by molar-refractivity contribution is 5.77. The van der Waals surface area contributed by atoms with Crippen LogP contribution in [0.1, 0.15) is 33.1 Å². The Labute approximate surface area is 116 Å². The lowest BCUT2D eigenvalue weighted by atomic mass is 10.4. The molecule has 1 aliphatic rings. The molecule has 0 atom stereocenters. The summed E-state index contributed by atoms with van der Waals surface area (Å²) < 4.78 is 0. The van der Waals surface area contributed by atoms with E-state index in [0.29, 0.717) is 12.3 Å². The molecular formula is C13H27N3O3. The van der Waals surface area contributed by atoms with E-state index in [1.165, 1.54) is 11.8 Å². The molecule has 0 aromatic carbocycles. The largest absolute Gasteiger partial charge is 0.359 e. The molecule has 1 N–H and O–H groups in total. The van der Waals surface area contributed by atoms with Crippen molar-refractivity contribution in [2.45, 2.75) is 33.1 Å². The number of amides is 3. The Kier molecular flexibility index (Phi) is 11.9. The number of hydrogen-bond donors (Lipinski definition) is 1. The van der Waals surface area contributed by atoms with E-state index in [4.69, 9.17) is 0 Å². The fraction of sp³-hybridized carbons (Fsp3) is 0.769. The summed E-state index contributed by atoms with van der Waals surface area (Å²) in [7, 11) is 6.92. The second-order valence-electron chi connectivity index (χ2n) is 4.36. The zero-order valence-electron chi connectivity index (χ0n) is 12.9. The van der Waals surface area contributed by atoms with Crippen LogP contribution in [0.4, 0.5) is 0 Å². The summed E-state index contributed by atoms with van der Waals surface area (Å²) in [5.41, 5.74) is 0. The van der Waals surface area contributed by atoms with Crippen molar-refractivity contribution in [1.82, 2.24) is 15.1 Å². The van der Waals surface area contributed by atoms with Crippen LogP contribution in [0.3, 0.4) is 0 Å². The minimum absolute atomic E-state index is 0.0926. The molecule has 0 bridgehead atoms. The Balaban J connectivity index is 0. The standard InChI is InChI=1S/C5H9NO.2C4H9NO/c1-6-4-2-3-5(6)7;1-4(6)5(2)3;1-3-4(6)5-2/h2-4H2,1H3;1-3H3;3H2,1-2H3,(H,5,6). The van der Waals surface area contributed by atoms with Crippen LogP contribution in [0.15, 0.2) is 0 Å². The molecule has 1 rings (SSSR count). The first-order chi connectivity index (χ1) is 8.76. The first-order valence-electron chi connectivity index (χ1n) is 6.38. The fourth-order valence-corrected chi connectivity index (χ4v) is 0.960. The van der Waals surface area contributed by atoms with E-state index in [0.717, 1.165) is 19.4 Å². The first kappa shape index (κ1) is 19.7. The molecule has 0 saturated carbocycles. The van der Waals surface area contributed by atoms with Crippen LogP contribution in [0.5, 0.6) is 0 Å². The minimum atomic E-state index is 0.0926. The van der Waals surface area contributed by atoms with Gasteiger partial charge in [-0.15, -0.1) is 0 Å². The third-order valence-corrected chi connectivity index (χ3v) is 2.54. The van der Waals surface area contributed by atoms with Gasteiger partial charge < -0.3 is 15.1 Å². The van der Waals surface area contributed by atoms with Crippen molar-refractivity contribution in [1.29, 1.82) is 0 Å². The van der Waals surface area contributed by atoms with Gasteiger partial charge in [0.05, 0.1) is 0 Å². The van der Waals surface area contributed by atoms with E-state index < -0.39 is 0 Å². The fourth-order valence-electron chi connectivity index (χ4n) is 0.960. The molecular weight excluding hydrogens is 246 g/mol. The van der Waals surface area contributed by atoms with Crippen LogP contribution in [-0.2, 0) is 14.4 Å². The summed E-state index contributed by atoms with van der Waals surface area (Å²) >= 11 is 0. The molecule has 112 valence electrons. The van der Waals surface area contributed by atoms with Crippen molar-refractivity contribution in [3.05, 3.63) is 0 Å². The van der Waals surface area contributed by atoms with Gasteiger partial charge in [0.2, 0.25) is 17.7 Å². The van der Waals surface area contributed by atoms with Crippen LogP contribution < -0.4 is 5.32 Å². The Morgan fingerprint density at radius 2 is 1.84 bits per heavy atom. The van der Waals surface area contributed by atoms with Gasteiger partial charge in [-0.2, -0.15) is 0 Å². The topological polar surface area (TPSA) is 69.7 Å². The van der Waals surface area contributed by atoms with E-state index in [1.807, 2.05) is 14.0 Å². The molecule has 0 aromatic rings. The van der Waals surface area contributed by atoms with Crippen molar-refractivity contribution >= 4 is 17.7 Å². The minimum Gasteiger partial charge on any atom is -0.359 e. The normalized spacial score (nSPS) is 12.7. The van der Waals surface area contributed by atoms with Crippen molar-refractivity contribution in [2.75, 3.05) is 34.7 Å². The predicted molar refractivity (Wildman–Crippen MR) is 75.6 cm³/mol. The highest BCUT2D eigenvalue weighted by Crippen LogP contribution is 2.04. The van der Waals surface area contributed by atoms with Gasteiger partial charge in [-0.25, -0.2) is 0 Å². The highest BCUT2D eigenvalue weighted by Gasteiger charge is 2.14. The van der Waals surface area contributed by atoms with Crippen molar-refractivity contribution in [3.8, 4) is 0 Å². The van der Waals surface area contributed by atoms with Crippen molar-refractivity contribution in [2.24, 2.45) is 0 Å². The summed E-state index contributed by atoms with van der Waals surface area (Å²) in [6.07, 6.45) is 2.39. The molecule has 0 aliphatic carbocycles. The number of nitrogens with zero attached hydrogens (tertiary/aromatic N) is 2. The highest BCUT2D eigenvalue weighted by atomic mass is 16.2. The van der Waals surface area contributed by atoms with E-state index in [9.17, 15) is 14.4 Å². The summed E-state index contributed by atoms with van der Waals surface area (Å²) in [5, 5.41) is 2.48. The number of likely N-dealkylation sites (tertiary alicyclic amines) is 1. The van der Waals surface area contributed by atoms with Gasteiger partial charge in [0, 0.05) is 54.5 Å². The van der Waals surface area contributed by atoms with E-state index in [1.54, 1.807) is 26.0 Å². The van der Waals surface area contributed by atoms with E-state index in [2.05, 4.69) is 5.32 Å². The molecule has 3 amide bonds. The molecule has 1 saturated heterocycles. The lowest BCUT2D eigenvalue weighted by Crippen LogP contribution is -2.17. The van der Waals surface area contributed by atoms with Crippen LogP contribution in [-0.4, -0.2) is 62.3 Å². The maximum absolute atomic E-state index is 10.5. The lowest BCUT2D eigenvalue weighted by Gasteiger charge is -2.03. The summed E-state index contributed by atoms with van der Waals surface area (Å²) in [6, 6.07) is 0. The average Bonchev–Trinajstić information content (AvgIpc) is 2.74. The average molecular weight is 273 g/mol. The quantitative estimate of drug-likeness (QED) is 0.755. The first-order valence-corrected chi connectivity index (χ1v) is 6.38. The van der Waals surface area contributed by atoms with Crippen LogP contribution in [0.2, 0.25) is 0 Å². The number of hydrogen-bond acceptors (Lipinski definition) is 3. The maximum Gasteiger partial charge on any atom is 0.222 e. The van der Waals surface area contributed by atoms with Crippen LogP contribution in [0, 0.1) is 0 Å². The van der Waals surface area contributed by atoms with Crippen molar-refractivity contribution < 1.29 is 14.4 Å². The molecule has 1 heterocycles. The Bertz CT molecular complexity index is 283. The molecule has 6 heteroatoms. The number of rotatable bonds is 1. The molecule has 19 heavy (non-hydrogen) atoms. The third-order valence-electron chi connectivity index (χ3n) is 2.54. The van der Waals surface area contributed by atoms with Gasteiger partial charge >= 0.3 is 0 Å². The molecule has 1 fully saturated rings. The SMILES string of the molecule is CC(=O)N(C)C.CCC(=O)NC.CN1CCCC1=O. The number of nitrogens with one attached hydrogen (secondary N) is 1. The lowest BCUT2D eigenvalue weighted by molar-refractivity contribution is -0.127. The summed E-state index contributed by atoms with van der Waals surface area (Å²) in [5.74, 6) is 0.477. The Hall–Kier alpha value is -1.59. The van der Waals surface area contributed by atoms with Crippen molar-refractivity contribution in [3.63, 3.8) is 0 Å². The van der Waals surface area contributed by atoms with E-state index >= 15 is 0 Å². The molecule has 0 unspecified atom stereocenters.